The number of fused-ring (bicyclic) bond motifs is 1. The number of aromatic carboxylic acids is 1. The van der Waals surface area contributed by atoms with Gasteiger partial charge in [0.15, 0.2) is 0 Å². The molecule has 0 bridgehead atoms. The molecule has 2 heterocycles. The van der Waals surface area contributed by atoms with Crippen LogP contribution in [0.2, 0.25) is 0 Å². The summed E-state index contributed by atoms with van der Waals surface area (Å²) >= 11 is 1.41. The van der Waals surface area contributed by atoms with Gasteiger partial charge in [-0.25, -0.2) is 4.79 Å². The van der Waals surface area contributed by atoms with E-state index in [4.69, 9.17) is 5.11 Å². The first-order valence-corrected chi connectivity index (χ1v) is 5.48. The third-order valence-electron chi connectivity index (χ3n) is 2.56. The van der Waals surface area contributed by atoms with E-state index in [1.807, 2.05) is 6.07 Å². The second kappa shape index (κ2) is 3.37. The van der Waals surface area contributed by atoms with E-state index in [9.17, 15) is 4.79 Å². The van der Waals surface area contributed by atoms with Crippen molar-refractivity contribution in [3.05, 3.63) is 21.4 Å². The Balaban J connectivity index is 2.20. The van der Waals surface area contributed by atoms with Gasteiger partial charge in [0.05, 0.1) is 0 Å². The van der Waals surface area contributed by atoms with Crippen molar-refractivity contribution >= 4 is 17.3 Å². The molecule has 0 atom stereocenters. The first-order valence-electron chi connectivity index (χ1n) is 4.67. The highest BCUT2D eigenvalue weighted by Crippen LogP contribution is 2.31. The van der Waals surface area contributed by atoms with E-state index in [0.29, 0.717) is 10.9 Å². The van der Waals surface area contributed by atoms with Crippen LogP contribution in [-0.4, -0.2) is 22.0 Å². The number of rotatable bonds is 2. The maximum atomic E-state index is 10.7. The van der Waals surface area contributed by atoms with Crippen molar-refractivity contribution < 1.29 is 9.90 Å². The predicted octanol–water partition coefficient (Wildman–Crippen LogP) is 2.17. The SMILES string of the molecule is CC(C)N1Cc2cc(C(=O)O)sc2C1. The maximum absolute atomic E-state index is 10.7. The van der Waals surface area contributed by atoms with Gasteiger partial charge in [0.2, 0.25) is 0 Å². The number of carbonyl (C=O) groups is 1. The van der Waals surface area contributed by atoms with Gasteiger partial charge in [-0.3, -0.25) is 4.90 Å². The molecule has 1 aromatic heterocycles. The third kappa shape index (κ3) is 1.55. The number of nitrogens with zero attached hydrogens (tertiary/aromatic N) is 1. The van der Waals surface area contributed by atoms with Gasteiger partial charge in [-0.1, -0.05) is 0 Å². The quantitative estimate of drug-likeness (QED) is 0.815. The second-order valence-corrected chi connectivity index (χ2v) is 5.00. The summed E-state index contributed by atoms with van der Waals surface area (Å²) in [6.45, 7) is 6.13. The van der Waals surface area contributed by atoms with Gasteiger partial charge in [-0.2, -0.15) is 0 Å². The Hall–Kier alpha value is -0.870. The van der Waals surface area contributed by atoms with Crippen LogP contribution < -0.4 is 0 Å². The average molecular weight is 211 g/mol. The molecule has 3 nitrogen and oxygen atoms in total. The van der Waals surface area contributed by atoms with Gasteiger partial charge < -0.3 is 5.11 Å². The van der Waals surface area contributed by atoms with Crippen molar-refractivity contribution in [2.75, 3.05) is 0 Å². The summed E-state index contributed by atoms with van der Waals surface area (Å²) in [6.07, 6.45) is 0. The minimum atomic E-state index is -0.805. The zero-order valence-electron chi connectivity index (χ0n) is 8.28. The third-order valence-corrected chi connectivity index (χ3v) is 3.71. The van der Waals surface area contributed by atoms with Crippen LogP contribution in [0.15, 0.2) is 6.07 Å². The number of hydrogen-bond donors (Lipinski definition) is 1. The van der Waals surface area contributed by atoms with Crippen LogP contribution in [0.25, 0.3) is 0 Å². The molecule has 76 valence electrons. The summed E-state index contributed by atoms with van der Waals surface area (Å²) < 4.78 is 0. The summed E-state index contributed by atoms with van der Waals surface area (Å²) in [6, 6.07) is 2.34. The highest BCUT2D eigenvalue weighted by atomic mass is 32.1. The van der Waals surface area contributed by atoms with Gasteiger partial charge >= 0.3 is 5.97 Å². The molecular formula is C10H13NO2S. The molecule has 0 saturated heterocycles. The molecule has 0 aliphatic carbocycles. The summed E-state index contributed by atoms with van der Waals surface area (Å²) in [5.41, 5.74) is 1.20. The molecule has 1 N–H and O–H groups in total. The monoisotopic (exact) mass is 211 g/mol. The highest BCUT2D eigenvalue weighted by Gasteiger charge is 2.24. The van der Waals surface area contributed by atoms with E-state index in [2.05, 4.69) is 18.7 Å². The standard InChI is InChI=1S/C10H13NO2S/c1-6(2)11-4-7-3-8(10(12)13)14-9(7)5-11/h3,6H,4-5H2,1-2H3,(H,12,13). The van der Waals surface area contributed by atoms with E-state index < -0.39 is 5.97 Å². The van der Waals surface area contributed by atoms with Crippen LogP contribution in [0.5, 0.6) is 0 Å². The lowest BCUT2D eigenvalue weighted by molar-refractivity contribution is 0.0702. The van der Waals surface area contributed by atoms with Crippen molar-refractivity contribution in [2.45, 2.75) is 33.0 Å². The Morgan fingerprint density at radius 2 is 2.29 bits per heavy atom. The van der Waals surface area contributed by atoms with E-state index in [1.165, 1.54) is 21.8 Å². The molecule has 0 fully saturated rings. The smallest absolute Gasteiger partial charge is 0.345 e. The number of carboxylic acids is 1. The summed E-state index contributed by atoms with van der Waals surface area (Å²) in [5, 5.41) is 8.81. The minimum absolute atomic E-state index is 0.471. The summed E-state index contributed by atoms with van der Waals surface area (Å²) in [4.78, 5) is 14.7. The first-order chi connectivity index (χ1) is 6.58. The molecule has 0 spiro atoms. The lowest BCUT2D eigenvalue weighted by Gasteiger charge is -2.19. The zero-order chi connectivity index (χ0) is 10.3. The van der Waals surface area contributed by atoms with Crippen molar-refractivity contribution in [3.8, 4) is 0 Å². The van der Waals surface area contributed by atoms with Crippen molar-refractivity contribution in [2.24, 2.45) is 0 Å². The van der Waals surface area contributed by atoms with Crippen LogP contribution in [0.4, 0.5) is 0 Å². The topological polar surface area (TPSA) is 40.5 Å². The van der Waals surface area contributed by atoms with Crippen LogP contribution >= 0.6 is 11.3 Å². The Morgan fingerprint density at radius 1 is 1.57 bits per heavy atom. The second-order valence-electron chi connectivity index (χ2n) is 3.86. The van der Waals surface area contributed by atoms with Crippen molar-refractivity contribution in [1.82, 2.24) is 4.90 Å². The van der Waals surface area contributed by atoms with E-state index >= 15 is 0 Å². The molecule has 1 aromatic rings. The molecule has 0 aromatic carbocycles. The first kappa shape index (κ1) is 9.68. The molecule has 1 aliphatic heterocycles. The largest absolute Gasteiger partial charge is 0.477 e. The van der Waals surface area contributed by atoms with Crippen LogP contribution in [-0.2, 0) is 13.1 Å². The molecule has 0 amide bonds. The predicted molar refractivity (Wildman–Crippen MR) is 55.7 cm³/mol. The molecular weight excluding hydrogens is 198 g/mol. The molecule has 0 unspecified atom stereocenters. The Kier molecular flexibility index (Phi) is 2.33. The molecule has 2 rings (SSSR count). The van der Waals surface area contributed by atoms with Crippen LogP contribution in [0, 0.1) is 0 Å². The summed E-state index contributed by atoms with van der Waals surface area (Å²) in [7, 11) is 0. The van der Waals surface area contributed by atoms with E-state index in [1.54, 1.807) is 0 Å². The maximum Gasteiger partial charge on any atom is 0.345 e. The van der Waals surface area contributed by atoms with Gasteiger partial charge in [0.25, 0.3) is 0 Å². The van der Waals surface area contributed by atoms with E-state index in [0.717, 1.165) is 13.1 Å². The Bertz CT molecular complexity index is 347. The number of carboxylic acid groups (broad SMARTS) is 1. The molecule has 1 aliphatic rings. The highest BCUT2D eigenvalue weighted by molar-refractivity contribution is 7.14. The normalized spacial score (nSPS) is 16.2. The molecule has 4 heteroatoms. The number of hydrogen-bond acceptors (Lipinski definition) is 3. The fraction of sp³-hybridized carbons (Fsp3) is 0.500. The fourth-order valence-electron chi connectivity index (χ4n) is 1.66. The van der Waals surface area contributed by atoms with Gasteiger partial charge in [-0.15, -0.1) is 11.3 Å². The molecule has 14 heavy (non-hydrogen) atoms. The average Bonchev–Trinajstić information content (AvgIpc) is 2.57. The van der Waals surface area contributed by atoms with Crippen molar-refractivity contribution in [1.29, 1.82) is 0 Å². The Labute approximate surface area is 87.0 Å². The number of thiophene rings is 1. The van der Waals surface area contributed by atoms with E-state index in [-0.39, 0.29) is 0 Å². The minimum Gasteiger partial charge on any atom is -0.477 e. The van der Waals surface area contributed by atoms with Gasteiger partial charge in [0, 0.05) is 24.0 Å². The lowest BCUT2D eigenvalue weighted by Crippen LogP contribution is -2.24. The van der Waals surface area contributed by atoms with Crippen LogP contribution in [0.3, 0.4) is 0 Å². The molecule has 0 radical (unpaired) electrons. The molecule has 0 saturated carbocycles. The van der Waals surface area contributed by atoms with Crippen molar-refractivity contribution in [3.63, 3.8) is 0 Å². The van der Waals surface area contributed by atoms with Gasteiger partial charge in [0.1, 0.15) is 4.88 Å². The zero-order valence-corrected chi connectivity index (χ0v) is 9.10. The van der Waals surface area contributed by atoms with Crippen LogP contribution in [0.1, 0.15) is 34.0 Å². The fourth-order valence-corrected chi connectivity index (χ4v) is 2.70. The summed E-state index contributed by atoms with van der Waals surface area (Å²) in [5.74, 6) is -0.805. The van der Waals surface area contributed by atoms with Gasteiger partial charge in [-0.05, 0) is 25.5 Å². The lowest BCUT2D eigenvalue weighted by atomic mass is 10.3. The Morgan fingerprint density at radius 3 is 2.79 bits per heavy atom.